The van der Waals surface area contributed by atoms with Gasteiger partial charge in [0, 0.05) is 10.5 Å². The summed E-state index contributed by atoms with van der Waals surface area (Å²) in [5.74, 6) is -0.362. The van der Waals surface area contributed by atoms with Crippen LogP contribution in [0.1, 0.15) is 19.3 Å². The molecular weight excluding hydrogens is 302 g/mol. The molecule has 2 rings (SSSR count). The van der Waals surface area contributed by atoms with Gasteiger partial charge in [-0.15, -0.1) is 0 Å². The van der Waals surface area contributed by atoms with E-state index in [2.05, 4.69) is 21.2 Å². The first-order valence-electron chi connectivity index (χ1n) is 5.47. The molecule has 1 aliphatic carbocycles. The van der Waals surface area contributed by atoms with Gasteiger partial charge in [-0.2, -0.15) is 0 Å². The van der Waals surface area contributed by atoms with Gasteiger partial charge in [0.2, 0.25) is 5.91 Å². The summed E-state index contributed by atoms with van der Waals surface area (Å²) >= 11 is 3.15. The number of hydrogen-bond donors (Lipinski definition) is 2. The lowest BCUT2D eigenvalue weighted by Crippen LogP contribution is -2.56. The monoisotopic (exact) mass is 313 g/mol. The van der Waals surface area contributed by atoms with E-state index in [-0.39, 0.29) is 17.3 Å². The van der Waals surface area contributed by atoms with Gasteiger partial charge in [0.05, 0.1) is 10.5 Å². The number of anilines is 1. The fourth-order valence-electron chi connectivity index (χ4n) is 1.79. The maximum atomic E-state index is 11.9. The zero-order valence-electron chi connectivity index (χ0n) is 9.48. The summed E-state index contributed by atoms with van der Waals surface area (Å²) in [6, 6.07) is 4.47. The van der Waals surface area contributed by atoms with Crippen molar-refractivity contribution in [3.05, 3.63) is 32.8 Å². The molecule has 1 fully saturated rings. The second-order valence-electron chi connectivity index (χ2n) is 4.38. The van der Waals surface area contributed by atoms with E-state index in [0.29, 0.717) is 17.3 Å². The predicted molar refractivity (Wildman–Crippen MR) is 70.2 cm³/mol. The maximum Gasteiger partial charge on any atom is 0.293 e. The molecule has 1 aliphatic rings. The fourth-order valence-corrected chi connectivity index (χ4v) is 2.14. The average molecular weight is 314 g/mol. The highest BCUT2D eigenvalue weighted by molar-refractivity contribution is 9.10. The third kappa shape index (κ3) is 2.37. The number of halogens is 1. The molecule has 0 heterocycles. The number of amides is 1. The third-order valence-corrected chi connectivity index (χ3v) is 3.60. The molecule has 0 saturated heterocycles. The van der Waals surface area contributed by atoms with Crippen LogP contribution in [0.2, 0.25) is 0 Å². The number of carbonyl (C=O) groups excluding carboxylic acids is 1. The molecule has 3 N–H and O–H groups in total. The van der Waals surface area contributed by atoms with E-state index < -0.39 is 10.5 Å². The van der Waals surface area contributed by atoms with Gasteiger partial charge in [0.1, 0.15) is 5.69 Å². The third-order valence-electron chi connectivity index (χ3n) is 3.10. The van der Waals surface area contributed by atoms with Crippen LogP contribution in [-0.4, -0.2) is 16.4 Å². The Morgan fingerprint density at radius 3 is 2.67 bits per heavy atom. The van der Waals surface area contributed by atoms with Crippen molar-refractivity contribution in [2.45, 2.75) is 24.8 Å². The molecule has 0 spiro atoms. The number of nitrogens with one attached hydrogen (secondary N) is 1. The molecule has 0 unspecified atom stereocenters. The van der Waals surface area contributed by atoms with Crippen LogP contribution in [0, 0.1) is 10.1 Å². The first-order valence-corrected chi connectivity index (χ1v) is 6.26. The van der Waals surface area contributed by atoms with Crippen LogP contribution < -0.4 is 11.1 Å². The molecular formula is C11H12BrN3O3. The minimum absolute atomic E-state index is 0.152. The Morgan fingerprint density at radius 1 is 1.50 bits per heavy atom. The second-order valence-corrected chi connectivity index (χ2v) is 5.30. The standard InChI is InChI=1S/C11H12BrN3O3/c12-7-2-3-8(9(6-7)15(17)18)14-10(16)11(13)4-1-5-11/h2-3,6H,1,4-5,13H2,(H,14,16). The second kappa shape index (κ2) is 4.66. The first-order chi connectivity index (χ1) is 8.42. The molecule has 0 aliphatic heterocycles. The molecule has 18 heavy (non-hydrogen) atoms. The van der Waals surface area contributed by atoms with Crippen molar-refractivity contribution in [1.82, 2.24) is 0 Å². The molecule has 0 aromatic heterocycles. The number of benzene rings is 1. The average Bonchev–Trinajstić information content (AvgIpc) is 2.27. The molecule has 7 heteroatoms. The minimum Gasteiger partial charge on any atom is -0.319 e. The Morgan fingerprint density at radius 2 is 2.17 bits per heavy atom. The lowest BCUT2D eigenvalue weighted by Gasteiger charge is -2.36. The van der Waals surface area contributed by atoms with Crippen molar-refractivity contribution in [3.8, 4) is 0 Å². The summed E-state index contributed by atoms with van der Waals surface area (Å²) in [6.45, 7) is 0. The molecule has 1 aromatic rings. The van der Waals surface area contributed by atoms with Gasteiger partial charge in [-0.3, -0.25) is 14.9 Å². The van der Waals surface area contributed by atoms with E-state index in [1.54, 1.807) is 6.07 Å². The topological polar surface area (TPSA) is 98.3 Å². The summed E-state index contributed by atoms with van der Waals surface area (Å²) in [5, 5.41) is 13.4. The van der Waals surface area contributed by atoms with E-state index in [0.717, 1.165) is 6.42 Å². The van der Waals surface area contributed by atoms with Gasteiger partial charge < -0.3 is 11.1 Å². The van der Waals surface area contributed by atoms with Crippen molar-refractivity contribution in [2.75, 3.05) is 5.32 Å². The Hall–Kier alpha value is -1.47. The summed E-state index contributed by atoms with van der Waals surface area (Å²) < 4.78 is 0.582. The van der Waals surface area contributed by atoms with Crippen LogP contribution in [0.4, 0.5) is 11.4 Å². The van der Waals surface area contributed by atoms with Crippen LogP contribution in [0.3, 0.4) is 0 Å². The smallest absolute Gasteiger partial charge is 0.293 e. The molecule has 0 bridgehead atoms. The van der Waals surface area contributed by atoms with Gasteiger partial charge in [-0.05, 0) is 31.4 Å². The highest BCUT2D eigenvalue weighted by atomic mass is 79.9. The summed E-state index contributed by atoms with van der Waals surface area (Å²) in [5.41, 5.74) is 5.00. The largest absolute Gasteiger partial charge is 0.319 e. The van der Waals surface area contributed by atoms with E-state index in [1.165, 1.54) is 12.1 Å². The summed E-state index contributed by atoms with van der Waals surface area (Å²) in [4.78, 5) is 22.3. The molecule has 1 aromatic carbocycles. The Bertz CT molecular complexity index is 514. The van der Waals surface area contributed by atoms with Gasteiger partial charge in [-0.25, -0.2) is 0 Å². The number of nitrogens with zero attached hydrogens (tertiary/aromatic N) is 1. The van der Waals surface area contributed by atoms with Crippen LogP contribution in [0.5, 0.6) is 0 Å². The lowest BCUT2D eigenvalue weighted by atomic mass is 9.77. The first kappa shape index (κ1) is 13.0. The lowest BCUT2D eigenvalue weighted by molar-refractivity contribution is -0.384. The Balaban J connectivity index is 2.23. The molecule has 0 atom stereocenters. The Kier molecular flexibility index (Phi) is 3.36. The molecule has 96 valence electrons. The van der Waals surface area contributed by atoms with Crippen LogP contribution in [0.15, 0.2) is 22.7 Å². The predicted octanol–water partition coefficient (Wildman–Crippen LogP) is 2.18. The van der Waals surface area contributed by atoms with Gasteiger partial charge in [-0.1, -0.05) is 15.9 Å². The number of hydrogen-bond acceptors (Lipinski definition) is 4. The van der Waals surface area contributed by atoms with Crippen molar-refractivity contribution >= 4 is 33.2 Å². The SMILES string of the molecule is NC1(C(=O)Nc2ccc(Br)cc2[N+](=O)[O-])CCC1. The highest BCUT2D eigenvalue weighted by Crippen LogP contribution is 2.33. The number of nitrogens with two attached hydrogens (primary N) is 1. The van der Waals surface area contributed by atoms with Crippen molar-refractivity contribution < 1.29 is 9.72 Å². The van der Waals surface area contributed by atoms with Gasteiger partial charge >= 0.3 is 0 Å². The molecule has 0 radical (unpaired) electrons. The molecule has 6 nitrogen and oxygen atoms in total. The number of carbonyl (C=O) groups is 1. The molecule has 1 amide bonds. The summed E-state index contributed by atoms with van der Waals surface area (Å²) in [6.07, 6.45) is 2.14. The van der Waals surface area contributed by atoms with E-state index in [9.17, 15) is 14.9 Å². The maximum absolute atomic E-state index is 11.9. The zero-order valence-corrected chi connectivity index (χ0v) is 11.1. The Labute approximate surface area is 112 Å². The number of nitro benzene ring substituents is 1. The zero-order chi connectivity index (χ0) is 13.3. The minimum atomic E-state index is -0.874. The molecule has 1 saturated carbocycles. The van der Waals surface area contributed by atoms with Crippen LogP contribution >= 0.6 is 15.9 Å². The van der Waals surface area contributed by atoms with Crippen molar-refractivity contribution in [1.29, 1.82) is 0 Å². The van der Waals surface area contributed by atoms with Crippen LogP contribution in [0.25, 0.3) is 0 Å². The highest BCUT2D eigenvalue weighted by Gasteiger charge is 2.40. The van der Waals surface area contributed by atoms with E-state index in [1.807, 2.05) is 0 Å². The number of nitro groups is 1. The number of rotatable bonds is 3. The van der Waals surface area contributed by atoms with Gasteiger partial charge in [0.25, 0.3) is 5.69 Å². The van der Waals surface area contributed by atoms with E-state index >= 15 is 0 Å². The van der Waals surface area contributed by atoms with Gasteiger partial charge in [0.15, 0.2) is 0 Å². The van der Waals surface area contributed by atoms with E-state index in [4.69, 9.17) is 5.73 Å². The fraction of sp³-hybridized carbons (Fsp3) is 0.364. The normalized spacial score (nSPS) is 16.8. The quantitative estimate of drug-likeness (QED) is 0.660. The summed E-state index contributed by atoms with van der Waals surface area (Å²) in [7, 11) is 0. The van der Waals surface area contributed by atoms with Crippen molar-refractivity contribution in [3.63, 3.8) is 0 Å². The van der Waals surface area contributed by atoms with Crippen molar-refractivity contribution in [2.24, 2.45) is 5.73 Å². The van der Waals surface area contributed by atoms with Crippen LogP contribution in [-0.2, 0) is 4.79 Å².